The van der Waals surface area contributed by atoms with Crippen LogP contribution in [0.25, 0.3) is 0 Å². The first kappa shape index (κ1) is 16.7. The van der Waals surface area contributed by atoms with Gasteiger partial charge < -0.3 is 5.11 Å². The number of aliphatic carboxylic acids is 1. The van der Waals surface area contributed by atoms with Crippen LogP contribution in [0.3, 0.4) is 0 Å². The van der Waals surface area contributed by atoms with E-state index >= 15 is 0 Å². The number of hydrazine groups is 1. The minimum Gasteiger partial charge on any atom is -0.480 e. The molecule has 0 fully saturated rings. The Balaban J connectivity index is 2.31. The molecule has 0 aliphatic heterocycles. The van der Waals surface area contributed by atoms with Gasteiger partial charge in [-0.25, -0.2) is 8.42 Å². The zero-order valence-corrected chi connectivity index (χ0v) is 12.7. The number of carboxylic acids is 1. The number of hydrogen-bond acceptors (Lipinski definition) is 4. The Morgan fingerprint density at radius 1 is 0.957 bits per heavy atom. The highest BCUT2D eigenvalue weighted by Crippen LogP contribution is 2.13. The normalized spacial score (nSPS) is 11.2. The molecule has 0 aliphatic rings. The minimum absolute atomic E-state index is 0.116. The molecule has 0 radical (unpaired) electrons. The monoisotopic (exact) mass is 334 g/mol. The lowest BCUT2D eigenvalue weighted by molar-refractivity contribution is -0.137. The fourth-order valence-electron chi connectivity index (χ4n) is 1.79. The molecule has 2 aromatic carbocycles. The number of carbonyl (C=O) groups is 2. The molecule has 0 bridgehead atoms. The van der Waals surface area contributed by atoms with E-state index in [0.717, 1.165) is 0 Å². The average molecular weight is 334 g/mol. The first-order chi connectivity index (χ1) is 10.9. The summed E-state index contributed by atoms with van der Waals surface area (Å²) in [7, 11) is -4.18. The smallest absolute Gasteiger partial charge is 0.320 e. The number of carboxylic acid groups (broad SMARTS) is 1. The first-order valence-electron chi connectivity index (χ1n) is 6.57. The van der Waals surface area contributed by atoms with Crippen LogP contribution in [0.2, 0.25) is 0 Å². The Hall–Kier alpha value is -2.71. The maximum absolute atomic E-state index is 12.5. The van der Waals surface area contributed by atoms with Gasteiger partial charge >= 0.3 is 5.97 Å². The topological polar surface area (TPSA) is 104 Å². The van der Waals surface area contributed by atoms with Crippen LogP contribution < -0.4 is 5.43 Å². The third-order valence-corrected chi connectivity index (χ3v) is 4.54. The van der Waals surface area contributed by atoms with Crippen LogP contribution in [0, 0.1) is 0 Å². The van der Waals surface area contributed by atoms with E-state index in [-0.39, 0.29) is 10.5 Å². The largest absolute Gasteiger partial charge is 0.480 e. The van der Waals surface area contributed by atoms with Crippen LogP contribution in [0.5, 0.6) is 0 Å². The fourth-order valence-corrected chi connectivity index (χ4v) is 3.03. The SMILES string of the molecule is O=C(O)CN(NC(=O)c1ccccc1)S(=O)(=O)c1ccccc1. The van der Waals surface area contributed by atoms with Crippen LogP contribution >= 0.6 is 0 Å². The van der Waals surface area contributed by atoms with Crippen LogP contribution in [0.1, 0.15) is 10.4 Å². The van der Waals surface area contributed by atoms with E-state index in [9.17, 15) is 18.0 Å². The number of sulfonamides is 1. The predicted octanol–water partition coefficient (Wildman–Crippen LogP) is 1.11. The van der Waals surface area contributed by atoms with Crippen molar-refractivity contribution in [1.82, 2.24) is 9.84 Å². The Morgan fingerprint density at radius 2 is 1.48 bits per heavy atom. The van der Waals surface area contributed by atoms with Gasteiger partial charge in [-0.05, 0) is 24.3 Å². The molecule has 8 heteroatoms. The lowest BCUT2D eigenvalue weighted by Gasteiger charge is -2.21. The third-order valence-electron chi connectivity index (χ3n) is 2.87. The molecular weight excluding hydrogens is 320 g/mol. The molecule has 120 valence electrons. The van der Waals surface area contributed by atoms with E-state index in [0.29, 0.717) is 4.41 Å². The van der Waals surface area contributed by atoms with Crippen LogP contribution in [-0.4, -0.2) is 36.4 Å². The molecule has 2 N–H and O–H groups in total. The second-order valence-electron chi connectivity index (χ2n) is 4.53. The van der Waals surface area contributed by atoms with Crippen molar-refractivity contribution in [3.05, 3.63) is 66.2 Å². The Labute approximate surface area is 133 Å². The number of nitrogens with one attached hydrogen (secondary N) is 1. The summed E-state index contributed by atoms with van der Waals surface area (Å²) in [5, 5.41) is 8.92. The molecule has 0 saturated heterocycles. The number of amides is 1. The van der Waals surface area contributed by atoms with Crippen molar-refractivity contribution in [3.8, 4) is 0 Å². The van der Waals surface area contributed by atoms with Gasteiger partial charge in [0.05, 0.1) is 4.90 Å². The summed E-state index contributed by atoms with van der Waals surface area (Å²) in [6.45, 7) is -0.893. The van der Waals surface area contributed by atoms with Gasteiger partial charge in [0, 0.05) is 5.56 Å². The Kier molecular flexibility index (Phi) is 5.09. The Bertz CT molecular complexity index is 791. The molecular formula is C15H14N2O5S. The van der Waals surface area contributed by atoms with Gasteiger partial charge in [-0.3, -0.25) is 15.0 Å². The standard InChI is InChI=1S/C15H14N2O5S/c18-14(19)11-17(16-15(20)12-7-3-1-4-8-12)23(21,22)13-9-5-2-6-10-13/h1-10H,11H2,(H,16,20)(H,18,19). The van der Waals surface area contributed by atoms with Crippen molar-refractivity contribution < 1.29 is 23.1 Å². The van der Waals surface area contributed by atoms with Gasteiger partial charge in [-0.15, -0.1) is 0 Å². The van der Waals surface area contributed by atoms with E-state index in [1.807, 2.05) is 0 Å². The predicted molar refractivity (Wildman–Crippen MR) is 81.9 cm³/mol. The molecule has 0 atom stereocenters. The molecule has 7 nitrogen and oxygen atoms in total. The van der Waals surface area contributed by atoms with Gasteiger partial charge in [0.25, 0.3) is 15.9 Å². The van der Waals surface area contributed by atoms with E-state index < -0.39 is 28.4 Å². The molecule has 0 aliphatic carbocycles. The molecule has 0 saturated carbocycles. The summed E-state index contributed by atoms with van der Waals surface area (Å²) in [4.78, 5) is 22.9. The van der Waals surface area contributed by atoms with Crippen LogP contribution in [0.4, 0.5) is 0 Å². The van der Waals surface area contributed by atoms with Gasteiger partial charge in [0.1, 0.15) is 6.54 Å². The lowest BCUT2D eigenvalue weighted by atomic mass is 10.2. The third kappa shape index (κ3) is 4.15. The van der Waals surface area contributed by atoms with E-state index in [1.165, 1.54) is 36.4 Å². The summed E-state index contributed by atoms with van der Waals surface area (Å²) < 4.78 is 25.4. The summed E-state index contributed by atoms with van der Waals surface area (Å²) in [6.07, 6.45) is 0. The van der Waals surface area contributed by atoms with E-state index in [1.54, 1.807) is 24.3 Å². The second kappa shape index (κ2) is 7.03. The van der Waals surface area contributed by atoms with Gasteiger partial charge in [-0.2, -0.15) is 0 Å². The van der Waals surface area contributed by atoms with Crippen LogP contribution in [0.15, 0.2) is 65.6 Å². The summed E-state index contributed by atoms with van der Waals surface area (Å²) in [5.41, 5.74) is 2.34. The summed E-state index contributed by atoms with van der Waals surface area (Å²) >= 11 is 0. The second-order valence-corrected chi connectivity index (χ2v) is 6.39. The van der Waals surface area contributed by atoms with Crippen molar-refractivity contribution in [2.75, 3.05) is 6.54 Å². The highest BCUT2D eigenvalue weighted by molar-refractivity contribution is 7.89. The molecule has 2 aromatic rings. The molecule has 0 unspecified atom stereocenters. The Morgan fingerprint density at radius 3 is 2.00 bits per heavy atom. The maximum atomic E-state index is 12.5. The van der Waals surface area contributed by atoms with Crippen molar-refractivity contribution in [1.29, 1.82) is 0 Å². The highest BCUT2D eigenvalue weighted by atomic mass is 32.2. The molecule has 1 amide bonds. The zero-order valence-electron chi connectivity index (χ0n) is 11.9. The average Bonchev–Trinajstić information content (AvgIpc) is 2.55. The number of rotatable bonds is 6. The number of nitrogens with zero attached hydrogens (tertiary/aromatic N) is 1. The van der Waals surface area contributed by atoms with Crippen LogP contribution in [-0.2, 0) is 14.8 Å². The quantitative estimate of drug-likeness (QED) is 0.770. The maximum Gasteiger partial charge on any atom is 0.320 e. The first-order valence-corrected chi connectivity index (χ1v) is 8.01. The minimum atomic E-state index is -4.18. The van der Waals surface area contributed by atoms with Crippen molar-refractivity contribution in [2.24, 2.45) is 0 Å². The summed E-state index contributed by atoms with van der Waals surface area (Å²) in [5.74, 6) is -2.11. The lowest BCUT2D eigenvalue weighted by Crippen LogP contribution is -2.48. The molecule has 2 rings (SSSR count). The van der Waals surface area contributed by atoms with Gasteiger partial charge in [0.15, 0.2) is 0 Å². The van der Waals surface area contributed by atoms with Crippen molar-refractivity contribution in [2.45, 2.75) is 4.90 Å². The number of benzene rings is 2. The van der Waals surface area contributed by atoms with Crippen molar-refractivity contribution >= 4 is 21.9 Å². The molecule has 0 aromatic heterocycles. The van der Waals surface area contributed by atoms with Gasteiger partial charge in [-0.1, -0.05) is 40.8 Å². The van der Waals surface area contributed by atoms with Crippen molar-refractivity contribution in [3.63, 3.8) is 0 Å². The zero-order chi connectivity index (χ0) is 16.9. The molecule has 0 spiro atoms. The molecule has 0 heterocycles. The number of hydrogen-bond donors (Lipinski definition) is 2. The fraction of sp³-hybridized carbons (Fsp3) is 0.0667. The van der Waals surface area contributed by atoms with Gasteiger partial charge in [0.2, 0.25) is 0 Å². The van der Waals surface area contributed by atoms with E-state index in [2.05, 4.69) is 5.43 Å². The molecule has 23 heavy (non-hydrogen) atoms. The highest BCUT2D eigenvalue weighted by Gasteiger charge is 2.28. The number of carbonyl (C=O) groups excluding carboxylic acids is 1. The van der Waals surface area contributed by atoms with E-state index in [4.69, 9.17) is 5.11 Å². The summed E-state index contributed by atoms with van der Waals surface area (Å²) in [6, 6.07) is 15.2.